The summed E-state index contributed by atoms with van der Waals surface area (Å²) in [5.41, 5.74) is 3.87. The van der Waals surface area contributed by atoms with Crippen LogP contribution in [0.15, 0.2) is 66.7 Å². The molecule has 1 saturated carbocycles. The van der Waals surface area contributed by atoms with Crippen LogP contribution in [0.2, 0.25) is 0 Å². The van der Waals surface area contributed by atoms with Crippen LogP contribution in [0.1, 0.15) is 75.2 Å². The Balaban J connectivity index is 1.35. The third-order valence-corrected chi connectivity index (χ3v) is 9.65. The van der Waals surface area contributed by atoms with Crippen LogP contribution >= 0.6 is 0 Å². The summed E-state index contributed by atoms with van der Waals surface area (Å²) in [6.45, 7) is 9.15. The highest BCUT2D eigenvalue weighted by atomic mass is 16.6. The molecule has 276 valence electrons. The Morgan fingerprint density at radius 1 is 0.962 bits per heavy atom. The normalized spacial score (nSPS) is 18.7. The second kappa shape index (κ2) is 15.8. The molecule has 1 unspecified atom stereocenters. The van der Waals surface area contributed by atoms with Gasteiger partial charge in [-0.2, -0.15) is 0 Å². The van der Waals surface area contributed by atoms with Gasteiger partial charge in [-0.1, -0.05) is 36.4 Å². The maximum absolute atomic E-state index is 15.0. The summed E-state index contributed by atoms with van der Waals surface area (Å²) in [6.07, 6.45) is 2.49. The minimum absolute atomic E-state index is 0.00204. The number of carbonyl (C=O) groups is 4. The highest BCUT2D eigenvalue weighted by Gasteiger charge is 2.44. The number of likely N-dealkylation sites (tertiary alicyclic amines) is 1. The Morgan fingerprint density at radius 3 is 2.42 bits per heavy atom. The van der Waals surface area contributed by atoms with Gasteiger partial charge in [-0.3, -0.25) is 9.59 Å². The minimum Gasteiger partial charge on any atom is -0.482 e. The zero-order valence-corrected chi connectivity index (χ0v) is 30.8. The third kappa shape index (κ3) is 8.41. The first-order chi connectivity index (χ1) is 25.0. The van der Waals surface area contributed by atoms with E-state index in [1.54, 1.807) is 29.9 Å². The average molecular weight is 712 g/mol. The van der Waals surface area contributed by atoms with Crippen molar-refractivity contribution in [1.29, 1.82) is 0 Å². The molecule has 11 heteroatoms. The fraction of sp³-hybridized carbons (Fsp3) is 0.463. The van der Waals surface area contributed by atoms with E-state index in [2.05, 4.69) is 6.07 Å². The number of esters is 1. The summed E-state index contributed by atoms with van der Waals surface area (Å²) in [5.74, 6) is -0.776. The van der Waals surface area contributed by atoms with E-state index in [0.717, 1.165) is 29.5 Å². The molecule has 3 aliphatic rings. The SMILES string of the molecule is CCOC(=O)c1cccc(-c2cccc([C@H]3CCN(C(=O)OC(C)(C)C)CC3C(=O)N(c3ccc4c(c3)N(CCCOC)C(=O)CO4)C3CC3)c2)c1. The molecule has 0 spiro atoms. The smallest absolute Gasteiger partial charge is 0.410 e. The van der Waals surface area contributed by atoms with E-state index >= 15 is 4.79 Å². The summed E-state index contributed by atoms with van der Waals surface area (Å²) < 4.78 is 22.0. The zero-order valence-electron chi connectivity index (χ0n) is 30.8. The lowest BCUT2D eigenvalue weighted by atomic mass is 9.78. The standard InChI is InChI=1S/C41H49N3O8/c1-6-50-39(47)30-13-8-11-28(23-30)27-10-7-12-29(22-27)33-18-20-42(40(48)52-41(2,3)4)25-34(33)38(46)44(31-14-15-31)32-16-17-36-35(24-32)43(19-9-21-49-5)37(45)26-51-36/h7-8,10-13,16-17,22-24,31,33-34H,6,9,14-15,18-21,25-26H2,1-5H3/t33-,34?/m1/s1. The molecular formula is C41H49N3O8. The molecule has 2 atom stereocenters. The van der Waals surface area contributed by atoms with Crippen LogP contribution in [0, 0.1) is 5.92 Å². The number of fused-ring (bicyclic) bond motifs is 1. The Morgan fingerprint density at radius 2 is 1.71 bits per heavy atom. The van der Waals surface area contributed by atoms with Crippen molar-refractivity contribution in [3.8, 4) is 16.9 Å². The van der Waals surface area contributed by atoms with Gasteiger partial charge in [-0.25, -0.2) is 9.59 Å². The molecule has 2 aliphatic heterocycles. The highest BCUT2D eigenvalue weighted by Crippen LogP contribution is 2.43. The fourth-order valence-electron chi connectivity index (χ4n) is 7.06. The van der Waals surface area contributed by atoms with E-state index in [1.165, 1.54) is 0 Å². The Kier molecular flexibility index (Phi) is 11.2. The molecule has 3 aromatic carbocycles. The van der Waals surface area contributed by atoms with E-state index in [1.807, 2.05) is 80.3 Å². The number of carbonyl (C=O) groups excluding carboxylic acids is 4. The summed E-state index contributed by atoms with van der Waals surface area (Å²) in [4.78, 5) is 59.2. The predicted molar refractivity (Wildman–Crippen MR) is 198 cm³/mol. The number of ether oxygens (including phenoxy) is 4. The van der Waals surface area contributed by atoms with Crippen molar-refractivity contribution < 1.29 is 38.1 Å². The van der Waals surface area contributed by atoms with E-state index in [4.69, 9.17) is 18.9 Å². The van der Waals surface area contributed by atoms with Gasteiger partial charge in [0.15, 0.2) is 6.61 Å². The lowest BCUT2D eigenvalue weighted by Crippen LogP contribution is -2.51. The van der Waals surface area contributed by atoms with Crippen molar-refractivity contribution in [3.63, 3.8) is 0 Å². The maximum atomic E-state index is 15.0. The predicted octanol–water partition coefficient (Wildman–Crippen LogP) is 6.83. The number of benzene rings is 3. The molecule has 0 radical (unpaired) electrons. The van der Waals surface area contributed by atoms with E-state index < -0.39 is 17.6 Å². The van der Waals surface area contributed by atoms with Crippen LogP contribution in [-0.2, 0) is 23.8 Å². The van der Waals surface area contributed by atoms with Gasteiger partial charge in [-0.05, 0) is 106 Å². The quantitative estimate of drug-likeness (QED) is 0.157. The maximum Gasteiger partial charge on any atom is 0.410 e. The molecule has 0 aromatic heterocycles. The monoisotopic (exact) mass is 711 g/mol. The van der Waals surface area contributed by atoms with Gasteiger partial charge in [0.05, 0.1) is 23.8 Å². The Labute approximate surface area is 305 Å². The second-order valence-electron chi connectivity index (χ2n) is 14.6. The number of hydrogen-bond donors (Lipinski definition) is 0. The van der Waals surface area contributed by atoms with Crippen LogP contribution in [0.3, 0.4) is 0 Å². The second-order valence-corrected chi connectivity index (χ2v) is 14.6. The molecule has 0 bridgehead atoms. The summed E-state index contributed by atoms with van der Waals surface area (Å²) in [5, 5.41) is 0. The lowest BCUT2D eigenvalue weighted by molar-refractivity contribution is -0.124. The number of piperidine rings is 1. The summed E-state index contributed by atoms with van der Waals surface area (Å²) >= 11 is 0. The van der Waals surface area contributed by atoms with E-state index in [9.17, 15) is 14.4 Å². The Bertz CT molecular complexity index is 1800. The zero-order chi connectivity index (χ0) is 37.0. The molecule has 0 N–H and O–H groups in total. The number of amides is 3. The minimum atomic E-state index is -0.683. The Hall–Kier alpha value is -4.90. The van der Waals surface area contributed by atoms with Crippen LogP contribution < -0.4 is 14.5 Å². The molecule has 6 rings (SSSR count). The van der Waals surface area contributed by atoms with E-state index in [-0.39, 0.29) is 49.5 Å². The van der Waals surface area contributed by atoms with Crippen LogP contribution in [0.4, 0.5) is 16.2 Å². The summed E-state index contributed by atoms with van der Waals surface area (Å²) in [7, 11) is 1.63. The van der Waals surface area contributed by atoms with Crippen molar-refractivity contribution in [2.45, 2.75) is 70.9 Å². The van der Waals surface area contributed by atoms with Gasteiger partial charge in [0.25, 0.3) is 5.91 Å². The summed E-state index contributed by atoms with van der Waals surface area (Å²) in [6, 6.07) is 21.0. The number of hydrogen-bond acceptors (Lipinski definition) is 8. The number of anilines is 2. The van der Waals surface area contributed by atoms with Crippen molar-refractivity contribution >= 4 is 35.3 Å². The number of nitrogens with zero attached hydrogens (tertiary/aromatic N) is 3. The molecule has 1 saturated heterocycles. The molecule has 11 nitrogen and oxygen atoms in total. The van der Waals surface area contributed by atoms with Crippen LogP contribution in [0.5, 0.6) is 5.75 Å². The van der Waals surface area contributed by atoms with E-state index in [0.29, 0.717) is 55.2 Å². The number of rotatable bonds is 11. The molecule has 1 aliphatic carbocycles. The highest BCUT2D eigenvalue weighted by molar-refractivity contribution is 6.01. The number of methoxy groups -OCH3 is 1. The fourth-order valence-corrected chi connectivity index (χ4v) is 7.06. The van der Waals surface area contributed by atoms with Crippen LogP contribution in [0.25, 0.3) is 11.1 Å². The average Bonchev–Trinajstić information content (AvgIpc) is 3.97. The van der Waals surface area contributed by atoms with Gasteiger partial charge >= 0.3 is 12.1 Å². The first kappa shape index (κ1) is 36.9. The molecular weight excluding hydrogens is 662 g/mol. The topological polar surface area (TPSA) is 115 Å². The van der Waals surface area contributed by atoms with Crippen molar-refractivity contribution in [2.24, 2.45) is 5.92 Å². The van der Waals surface area contributed by atoms with Gasteiger partial charge in [-0.15, -0.1) is 0 Å². The molecule has 3 aromatic rings. The molecule has 2 heterocycles. The molecule has 2 fully saturated rings. The van der Waals surface area contributed by atoms with Crippen molar-refractivity contribution in [3.05, 3.63) is 77.9 Å². The molecule has 52 heavy (non-hydrogen) atoms. The van der Waals surface area contributed by atoms with Crippen molar-refractivity contribution in [1.82, 2.24) is 4.90 Å². The van der Waals surface area contributed by atoms with Gasteiger partial charge in [0.1, 0.15) is 11.4 Å². The lowest BCUT2D eigenvalue weighted by Gasteiger charge is -2.41. The van der Waals surface area contributed by atoms with Crippen molar-refractivity contribution in [2.75, 3.05) is 56.4 Å². The molecule has 3 amide bonds. The van der Waals surface area contributed by atoms with Gasteiger partial charge < -0.3 is 33.6 Å². The largest absolute Gasteiger partial charge is 0.482 e. The first-order valence-corrected chi connectivity index (χ1v) is 18.2. The first-order valence-electron chi connectivity index (χ1n) is 18.2. The van der Waals surface area contributed by atoms with Crippen LogP contribution in [-0.4, -0.2) is 87.0 Å². The van der Waals surface area contributed by atoms with Gasteiger partial charge in [0, 0.05) is 45.1 Å². The van der Waals surface area contributed by atoms with Gasteiger partial charge in [0.2, 0.25) is 5.91 Å². The third-order valence-electron chi connectivity index (χ3n) is 9.65.